The molecular formula is C35H37N3O6. The summed E-state index contributed by atoms with van der Waals surface area (Å²) in [6.07, 6.45) is 0.162. The third kappa shape index (κ3) is 9.78. The molecule has 0 aromatic heterocycles. The summed E-state index contributed by atoms with van der Waals surface area (Å²) in [4.78, 5) is 52.2. The SMILES string of the molecule is COC[C@H](NC(=O)[C@H](CC(=O)OCc1ccccc1)NC(=O)CCc1ccccc1)C(=O)NCc1cccc2ccccc12. The highest BCUT2D eigenvalue weighted by Gasteiger charge is 2.29. The Hall–Kier alpha value is -5.02. The van der Waals surface area contributed by atoms with E-state index >= 15 is 0 Å². The summed E-state index contributed by atoms with van der Waals surface area (Å²) < 4.78 is 10.6. The fourth-order valence-electron chi connectivity index (χ4n) is 4.72. The highest BCUT2D eigenvalue weighted by Crippen LogP contribution is 2.18. The minimum Gasteiger partial charge on any atom is -0.461 e. The maximum Gasteiger partial charge on any atom is 0.308 e. The van der Waals surface area contributed by atoms with Crippen LogP contribution in [0.5, 0.6) is 0 Å². The average molecular weight is 596 g/mol. The number of benzene rings is 4. The van der Waals surface area contributed by atoms with Crippen molar-refractivity contribution in [2.75, 3.05) is 13.7 Å². The lowest BCUT2D eigenvalue weighted by atomic mass is 10.0. The molecule has 0 aliphatic rings. The van der Waals surface area contributed by atoms with Crippen LogP contribution in [0.15, 0.2) is 103 Å². The van der Waals surface area contributed by atoms with Gasteiger partial charge in [-0.05, 0) is 33.9 Å². The Morgan fingerprint density at radius 3 is 2.09 bits per heavy atom. The van der Waals surface area contributed by atoms with Crippen molar-refractivity contribution >= 4 is 34.5 Å². The molecule has 0 fully saturated rings. The molecular weight excluding hydrogens is 558 g/mol. The monoisotopic (exact) mass is 595 g/mol. The summed E-state index contributed by atoms with van der Waals surface area (Å²) >= 11 is 0. The first-order valence-corrected chi connectivity index (χ1v) is 14.5. The van der Waals surface area contributed by atoms with Crippen LogP contribution in [-0.4, -0.2) is 49.5 Å². The molecule has 0 aliphatic heterocycles. The molecule has 0 saturated heterocycles. The van der Waals surface area contributed by atoms with E-state index < -0.39 is 42.2 Å². The van der Waals surface area contributed by atoms with Gasteiger partial charge >= 0.3 is 5.97 Å². The summed E-state index contributed by atoms with van der Waals surface area (Å²) in [5.74, 6) is -2.24. The topological polar surface area (TPSA) is 123 Å². The van der Waals surface area contributed by atoms with E-state index in [4.69, 9.17) is 9.47 Å². The second-order valence-electron chi connectivity index (χ2n) is 10.3. The lowest BCUT2D eigenvalue weighted by Crippen LogP contribution is -2.55. The van der Waals surface area contributed by atoms with Crippen LogP contribution < -0.4 is 16.0 Å². The Labute approximate surface area is 256 Å². The lowest BCUT2D eigenvalue weighted by Gasteiger charge is -2.23. The van der Waals surface area contributed by atoms with Gasteiger partial charge in [0, 0.05) is 20.1 Å². The third-order valence-corrected chi connectivity index (χ3v) is 7.05. The van der Waals surface area contributed by atoms with Crippen molar-refractivity contribution in [3.8, 4) is 0 Å². The number of rotatable bonds is 15. The zero-order valence-corrected chi connectivity index (χ0v) is 24.7. The van der Waals surface area contributed by atoms with Crippen molar-refractivity contribution < 1.29 is 28.7 Å². The van der Waals surface area contributed by atoms with Gasteiger partial charge in [-0.25, -0.2) is 0 Å². The molecule has 0 radical (unpaired) electrons. The van der Waals surface area contributed by atoms with Crippen molar-refractivity contribution in [2.45, 2.75) is 44.5 Å². The molecule has 9 heteroatoms. The molecule has 0 heterocycles. The van der Waals surface area contributed by atoms with Crippen molar-refractivity contribution in [1.82, 2.24) is 16.0 Å². The van der Waals surface area contributed by atoms with Gasteiger partial charge in [0.2, 0.25) is 17.7 Å². The van der Waals surface area contributed by atoms with Crippen molar-refractivity contribution in [1.29, 1.82) is 0 Å². The van der Waals surface area contributed by atoms with E-state index in [1.165, 1.54) is 7.11 Å². The summed E-state index contributed by atoms with van der Waals surface area (Å²) in [5.41, 5.74) is 2.68. The predicted octanol–water partition coefficient (Wildman–Crippen LogP) is 3.84. The van der Waals surface area contributed by atoms with Gasteiger partial charge in [-0.1, -0.05) is 103 Å². The molecule has 0 spiro atoms. The Bertz CT molecular complexity index is 1480. The van der Waals surface area contributed by atoms with Gasteiger partial charge in [0.15, 0.2) is 0 Å². The Kier molecular flexibility index (Phi) is 12.0. The third-order valence-electron chi connectivity index (χ3n) is 7.05. The predicted molar refractivity (Wildman–Crippen MR) is 167 cm³/mol. The quantitative estimate of drug-likeness (QED) is 0.180. The maximum atomic E-state index is 13.4. The molecule has 4 aromatic rings. The zero-order chi connectivity index (χ0) is 31.1. The van der Waals surface area contributed by atoms with Crippen LogP contribution in [0.2, 0.25) is 0 Å². The van der Waals surface area contributed by atoms with Crippen LogP contribution in [0, 0.1) is 0 Å². The van der Waals surface area contributed by atoms with E-state index in [1.807, 2.05) is 103 Å². The molecule has 9 nitrogen and oxygen atoms in total. The maximum absolute atomic E-state index is 13.4. The minimum atomic E-state index is -1.26. The number of hydrogen-bond donors (Lipinski definition) is 3. The van der Waals surface area contributed by atoms with Gasteiger partial charge in [0.05, 0.1) is 13.0 Å². The highest BCUT2D eigenvalue weighted by atomic mass is 16.5. The molecule has 44 heavy (non-hydrogen) atoms. The summed E-state index contributed by atoms with van der Waals surface area (Å²) in [5, 5.41) is 10.2. The van der Waals surface area contributed by atoms with Crippen LogP contribution in [0.4, 0.5) is 0 Å². The van der Waals surface area contributed by atoms with Crippen LogP contribution >= 0.6 is 0 Å². The minimum absolute atomic E-state index is 0.0266. The average Bonchev–Trinajstić information content (AvgIpc) is 3.05. The molecule has 3 N–H and O–H groups in total. The fraction of sp³-hybridized carbons (Fsp3) is 0.257. The number of methoxy groups -OCH3 is 1. The number of ether oxygens (including phenoxy) is 2. The van der Waals surface area contributed by atoms with Crippen LogP contribution in [0.1, 0.15) is 29.5 Å². The van der Waals surface area contributed by atoms with E-state index in [-0.39, 0.29) is 26.2 Å². The van der Waals surface area contributed by atoms with Crippen LogP contribution in [-0.2, 0) is 48.2 Å². The second-order valence-corrected chi connectivity index (χ2v) is 10.3. The molecule has 3 amide bonds. The molecule has 4 aromatic carbocycles. The van der Waals surface area contributed by atoms with Crippen molar-refractivity contribution in [2.24, 2.45) is 0 Å². The second kappa shape index (κ2) is 16.6. The first kappa shape index (κ1) is 31.9. The molecule has 0 saturated carbocycles. The number of nitrogens with one attached hydrogen (secondary N) is 3. The number of fused-ring (bicyclic) bond motifs is 1. The van der Waals surface area contributed by atoms with Crippen LogP contribution in [0.3, 0.4) is 0 Å². The number of esters is 1. The van der Waals surface area contributed by atoms with Crippen molar-refractivity contribution in [3.63, 3.8) is 0 Å². The first-order chi connectivity index (χ1) is 21.4. The molecule has 228 valence electrons. The molecule has 2 atom stereocenters. The van der Waals surface area contributed by atoms with E-state index in [2.05, 4.69) is 16.0 Å². The van der Waals surface area contributed by atoms with Gasteiger partial charge in [-0.3, -0.25) is 19.2 Å². The van der Waals surface area contributed by atoms with E-state index in [9.17, 15) is 19.2 Å². The lowest BCUT2D eigenvalue weighted by molar-refractivity contribution is -0.147. The van der Waals surface area contributed by atoms with E-state index in [0.29, 0.717) is 6.42 Å². The number of carbonyl (C=O) groups excluding carboxylic acids is 4. The zero-order valence-electron chi connectivity index (χ0n) is 24.7. The van der Waals surface area contributed by atoms with Gasteiger partial charge in [-0.15, -0.1) is 0 Å². The summed E-state index contributed by atoms with van der Waals surface area (Å²) in [6, 6.07) is 30.0. The van der Waals surface area contributed by atoms with Crippen molar-refractivity contribution in [3.05, 3.63) is 120 Å². The standard InChI is InChI=1S/C35H37N3O6/c1-43-24-31(34(41)36-22-28-17-10-16-27-15-8-9-18-29(27)28)38-35(42)30(21-33(40)44-23-26-13-6-3-7-14-26)37-32(39)20-19-25-11-4-2-5-12-25/h2-18,30-31H,19-24H2,1H3,(H,36,41)(H,37,39)(H,38,42)/t30-,31-/m0/s1. The largest absolute Gasteiger partial charge is 0.461 e. The first-order valence-electron chi connectivity index (χ1n) is 14.5. The normalized spacial score (nSPS) is 12.1. The van der Waals surface area contributed by atoms with E-state index in [1.54, 1.807) is 0 Å². The molecule has 0 unspecified atom stereocenters. The number of aryl methyl sites for hydroxylation is 1. The number of amides is 3. The summed E-state index contributed by atoms with van der Waals surface area (Å²) in [6.45, 7) is 0.154. The number of carbonyl (C=O) groups is 4. The Balaban J connectivity index is 1.40. The number of hydrogen-bond acceptors (Lipinski definition) is 6. The smallest absolute Gasteiger partial charge is 0.308 e. The van der Waals surface area contributed by atoms with Crippen LogP contribution in [0.25, 0.3) is 10.8 Å². The van der Waals surface area contributed by atoms with Gasteiger partial charge < -0.3 is 25.4 Å². The summed E-state index contributed by atoms with van der Waals surface area (Å²) in [7, 11) is 1.42. The highest BCUT2D eigenvalue weighted by molar-refractivity contribution is 5.94. The molecule has 4 rings (SSSR count). The molecule has 0 bridgehead atoms. The van der Waals surface area contributed by atoms with E-state index in [0.717, 1.165) is 27.5 Å². The van der Waals surface area contributed by atoms with Gasteiger partial charge in [0.25, 0.3) is 0 Å². The van der Waals surface area contributed by atoms with Gasteiger partial charge in [-0.2, -0.15) is 0 Å². The fourth-order valence-corrected chi connectivity index (χ4v) is 4.72. The Morgan fingerprint density at radius 1 is 0.705 bits per heavy atom. The Morgan fingerprint density at radius 2 is 1.36 bits per heavy atom. The molecule has 0 aliphatic carbocycles. The van der Waals surface area contributed by atoms with Gasteiger partial charge in [0.1, 0.15) is 18.7 Å².